The predicted octanol–water partition coefficient (Wildman–Crippen LogP) is 1.35. The van der Waals surface area contributed by atoms with Crippen molar-refractivity contribution >= 4 is 11.9 Å². The van der Waals surface area contributed by atoms with E-state index < -0.39 is 5.97 Å². The molecule has 0 bridgehead atoms. The van der Waals surface area contributed by atoms with Crippen LogP contribution >= 0.6 is 0 Å². The van der Waals surface area contributed by atoms with Gasteiger partial charge in [-0.05, 0) is 32.0 Å². The lowest BCUT2D eigenvalue weighted by Crippen LogP contribution is -2.40. The van der Waals surface area contributed by atoms with E-state index in [4.69, 9.17) is 14.6 Å². The fourth-order valence-corrected chi connectivity index (χ4v) is 1.83. The molecular weight excluding hydrogens is 250 g/mol. The fraction of sp³-hybridized carbons (Fsp3) is 0.385. The monoisotopic (exact) mass is 265 g/mol. The Bertz CT molecular complexity index is 512. The molecule has 19 heavy (non-hydrogen) atoms. The SMILES string of the molecule is CC(C)N(CC(=O)O)C(=O)c1ccc2c(c1)OCO2. The van der Waals surface area contributed by atoms with Gasteiger partial charge in [-0.3, -0.25) is 9.59 Å². The van der Waals surface area contributed by atoms with Gasteiger partial charge in [0.15, 0.2) is 11.5 Å². The molecule has 102 valence electrons. The zero-order chi connectivity index (χ0) is 14.0. The van der Waals surface area contributed by atoms with E-state index in [2.05, 4.69) is 0 Å². The van der Waals surface area contributed by atoms with Crippen molar-refractivity contribution in [2.75, 3.05) is 13.3 Å². The highest BCUT2D eigenvalue weighted by molar-refractivity contribution is 5.96. The summed E-state index contributed by atoms with van der Waals surface area (Å²) in [5.74, 6) is -0.283. The molecule has 0 radical (unpaired) electrons. The van der Waals surface area contributed by atoms with Crippen LogP contribution in [0.1, 0.15) is 24.2 Å². The predicted molar refractivity (Wildman–Crippen MR) is 66.4 cm³/mol. The van der Waals surface area contributed by atoms with Crippen LogP contribution in [0.4, 0.5) is 0 Å². The Hall–Kier alpha value is -2.24. The Morgan fingerprint density at radius 2 is 2.00 bits per heavy atom. The summed E-state index contributed by atoms with van der Waals surface area (Å²) in [6.45, 7) is 3.35. The van der Waals surface area contributed by atoms with Gasteiger partial charge in [0, 0.05) is 11.6 Å². The van der Waals surface area contributed by atoms with Gasteiger partial charge in [0.05, 0.1) is 0 Å². The van der Waals surface area contributed by atoms with E-state index in [1.54, 1.807) is 32.0 Å². The summed E-state index contributed by atoms with van der Waals surface area (Å²) >= 11 is 0. The molecule has 0 saturated carbocycles. The molecule has 1 amide bonds. The molecule has 1 aromatic rings. The van der Waals surface area contributed by atoms with Gasteiger partial charge >= 0.3 is 5.97 Å². The number of hydrogen-bond donors (Lipinski definition) is 1. The first-order valence-corrected chi connectivity index (χ1v) is 5.91. The lowest BCUT2D eigenvalue weighted by Gasteiger charge is -2.24. The Kier molecular flexibility index (Phi) is 3.59. The quantitative estimate of drug-likeness (QED) is 0.889. The second-order valence-corrected chi connectivity index (χ2v) is 4.49. The highest BCUT2D eigenvalue weighted by atomic mass is 16.7. The minimum atomic E-state index is -1.04. The van der Waals surface area contributed by atoms with Crippen LogP contribution in [0, 0.1) is 0 Å². The molecule has 0 fully saturated rings. The van der Waals surface area contributed by atoms with E-state index in [0.29, 0.717) is 17.1 Å². The van der Waals surface area contributed by atoms with Crippen LogP contribution in [-0.4, -0.2) is 41.3 Å². The Morgan fingerprint density at radius 3 is 2.63 bits per heavy atom. The molecule has 0 atom stereocenters. The second kappa shape index (κ2) is 5.17. The Labute approximate surface area is 110 Å². The third kappa shape index (κ3) is 2.78. The van der Waals surface area contributed by atoms with E-state index in [-0.39, 0.29) is 25.3 Å². The zero-order valence-corrected chi connectivity index (χ0v) is 10.8. The van der Waals surface area contributed by atoms with Gasteiger partial charge in [-0.15, -0.1) is 0 Å². The Balaban J connectivity index is 2.24. The maximum Gasteiger partial charge on any atom is 0.323 e. The first-order chi connectivity index (χ1) is 8.99. The summed E-state index contributed by atoms with van der Waals surface area (Å²) in [7, 11) is 0. The number of carbonyl (C=O) groups excluding carboxylic acids is 1. The van der Waals surface area contributed by atoms with Crippen LogP contribution < -0.4 is 9.47 Å². The van der Waals surface area contributed by atoms with Crippen molar-refractivity contribution in [2.24, 2.45) is 0 Å². The van der Waals surface area contributed by atoms with Crippen molar-refractivity contribution in [2.45, 2.75) is 19.9 Å². The van der Waals surface area contributed by atoms with Crippen LogP contribution in [0.2, 0.25) is 0 Å². The number of aliphatic carboxylic acids is 1. The molecule has 0 saturated heterocycles. The third-order valence-electron chi connectivity index (χ3n) is 2.81. The first kappa shape index (κ1) is 13.2. The van der Waals surface area contributed by atoms with Gasteiger partial charge in [-0.25, -0.2) is 0 Å². The average Bonchev–Trinajstić information content (AvgIpc) is 2.81. The molecule has 0 aromatic heterocycles. The van der Waals surface area contributed by atoms with E-state index in [9.17, 15) is 9.59 Å². The number of nitrogens with zero attached hydrogens (tertiary/aromatic N) is 1. The van der Waals surface area contributed by atoms with Crippen molar-refractivity contribution in [3.05, 3.63) is 23.8 Å². The number of carbonyl (C=O) groups is 2. The molecule has 6 heteroatoms. The molecule has 0 unspecified atom stereocenters. The molecule has 2 rings (SSSR count). The summed E-state index contributed by atoms with van der Waals surface area (Å²) < 4.78 is 10.4. The maximum atomic E-state index is 12.3. The van der Waals surface area contributed by atoms with Gasteiger partial charge in [0.2, 0.25) is 6.79 Å². The van der Waals surface area contributed by atoms with Crippen molar-refractivity contribution in [1.29, 1.82) is 0 Å². The van der Waals surface area contributed by atoms with E-state index in [1.807, 2.05) is 0 Å². The normalized spacial score (nSPS) is 12.6. The van der Waals surface area contributed by atoms with Gasteiger partial charge in [-0.1, -0.05) is 0 Å². The number of ether oxygens (including phenoxy) is 2. The van der Waals surface area contributed by atoms with Crippen LogP contribution in [0.5, 0.6) is 11.5 Å². The number of carboxylic acids is 1. The topological polar surface area (TPSA) is 76.1 Å². The zero-order valence-electron chi connectivity index (χ0n) is 10.8. The average molecular weight is 265 g/mol. The van der Waals surface area contributed by atoms with Gasteiger partial charge in [0.1, 0.15) is 6.54 Å². The van der Waals surface area contributed by atoms with E-state index >= 15 is 0 Å². The molecule has 1 aliphatic heterocycles. The van der Waals surface area contributed by atoms with Crippen molar-refractivity contribution < 1.29 is 24.2 Å². The standard InChI is InChI=1S/C13H15NO5/c1-8(2)14(6-12(15)16)13(17)9-3-4-10-11(5-9)19-7-18-10/h3-5,8H,6-7H2,1-2H3,(H,15,16). The largest absolute Gasteiger partial charge is 0.480 e. The lowest BCUT2D eigenvalue weighted by atomic mass is 10.1. The van der Waals surface area contributed by atoms with E-state index in [1.165, 1.54) is 4.90 Å². The molecule has 6 nitrogen and oxygen atoms in total. The lowest BCUT2D eigenvalue weighted by molar-refractivity contribution is -0.138. The smallest absolute Gasteiger partial charge is 0.323 e. The van der Waals surface area contributed by atoms with Crippen molar-refractivity contribution in [3.63, 3.8) is 0 Å². The van der Waals surface area contributed by atoms with Crippen molar-refractivity contribution in [3.8, 4) is 11.5 Å². The van der Waals surface area contributed by atoms with Crippen LogP contribution in [0.3, 0.4) is 0 Å². The molecule has 1 aromatic carbocycles. The summed E-state index contributed by atoms with van der Waals surface area (Å²) in [5, 5.41) is 8.84. The minimum Gasteiger partial charge on any atom is -0.480 e. The maximum absolute atomic E-state index is 12.3. The van der Waals surface area contributed by atoms with Gasteiger partial charge in [0.25, 0.3) is 5.91 Å². The number of carboxylic acid groups (broad SMARTS) is 1. The van der Waals surface area contributed by atoms with E-state index in [0.717, 1.165) is 0 Å². The summed E-state index contributed by atoms with van der Waals surface area (Å²) in [6, 6.07) is 4.62. The minimum absolute atomic E-state index is 0.135. The number of benzene rings is 1. The number of rotatable bonds is 4. The molecule has 1 heterocycles. The first-order valence-electron chi connectivity index (χ1n) is 5.91. The number of hydrogen-bond acceptors (Lipinski definition) is 4. The highest BCUT2D eigenvalue weighted by Gasteiger charge is 2.23. The Morgan fingerprint density at radius 1 is 1.32 bits per heavy atom. The number of amides is 1. The van der Waals surface area contributed by atoms with Gasteiger partial charge < -0.3 is 19.5 Å². The summed E-state index contributed by atoms with van der Waals surface area (Å²) in [4.78, 5) is 24.4. The molecule has 0 spiro atoms. The van der Waals surface area contributed by atoms with Crippen molar-refractivity contribution in [1.82, 2.24) is 4.90 Å². The summed E-state index contributed by atoms with van der Waals surface area (Å²) in [5.41, 5.74) is 0.388. The second-order valence-electron chi connectivity index (χ2n) is 4.49. The molecule has 0 aliphatic carbocycles. The molecule has 1 N–H and O–H groups in total. The highest BCUT2D eigenvalue weighted by Crippen LogP contribution is 2.32. The molecule has 1 aliphatic rings. The van der Waals surface area contributed by atoms with Crippen LogP contribution in [0.25, 0.3) is 0 Å². The van der Waals surface area contributed by atoms with Crippen LogP contribution in [-0.2, 0) is 4.79 Å². The summed E-state index contributed by atoms with van der Waals surface area (Å²) in [6.07, 6.45) is 0. The number of fused-ring (bicyclic) bond motifs is 1. The van der Waals surface area contributed by atoms with Crippen LogP contribution in [0.15, 0.2) is 18.2 Å². The van der Waals surface area contributed by atoms with Gasteiger partial charge in [-0.2, -0.15) is 0 Å². The molecular formula is C13H15NO5. The fourth-order valence-electron chi connectivity index (χ4n) is 1.83. The third-order valence-corrected chi connectivity index (χ3v) is 2.81.